The summed E-state index contributed by atoms with van der Waals surface area (Å²) in [4.78, 5) is 4.81. The van der Waals surface area contributed by atoms with Crippen LogP contribution < -0.4 is 13.4 Å². The molecule has 7 rings (SSSR count). The molecule has 0 bridgehead atoms. The van der Waals surface area contributed by atoms with Gasteiger partial charge in [-0.15, -0.1) is 0 Å². The van der Waals surface area contributed by atoms with Gasteiger partial charge in [-0.25, -0.2) is 0 Å². The average Bonchev–Trinajstić information content (AvgIpc) is 3.61. The van der Waals surface area contributed by atoms with Gasteiger partial charge in [-0.3, -0.25) is 0 Å². The molecule has 1 heterocycles. The molecular formula is C47H48ClN2RuTe-. The summed E-state index contributed by atoms with van der Waals surface area (Å²) in [5, 5.41) is 0. The van der Waals surface area contributed by atoms with E-state index in [9.17, 15) is 0 Å². The number of hydrogen-bond acceptors (Lipinski definition) is 2. The molecule has 5 heteroatoms. The van der Waals surface area contributed by atoms with Gasteiger partial charge in [0.25, 0.3) is 0 Å². The van der Waals surface area contributed by atoms with Crippen LogP contribution in [0.3, 0.4) is 0 Å². The number of nitrogens with zero attached hydrogens (tertiary/aromatic N) is 2. The van der Waals surface area contributed by atoms with Crippen molar-refractivity contribution in [2.75, 3.05) is 22.9 Å². The van der Waals surface area contributed by atoms with Gasteiger partial charge >= 0.3 is 199 Å². The van der Waals surface area contributed by atoms with Gasteiger partial charge in [-0.2, -0.15) is 6.67 Å². The monoisotopic (exact) mass is 907 g/mol. The van der Waals surface area contributed by atoms with E-state index in [1.165, 1.54) is 81.7 Å². The predicted molar refractivity (Wildman–Crippen MR) is 226 cm³/mol. The molecule has 0 aliphatic carbocycles. The van der Waals surface area contributed by atoms with E-state index in [2.05, 4.69) is 208 Å². The first-order chi connectivity index (χ1) is 25.1. The Hall–Kier alpha value is -3.51. The second-order valence-electron chi connectivity index (χ2n) is 13.3. The van der Waals surface area contributed by atoms with Gasteiger partial charge in [0.15, 0.2) is 0 Å². The number of anilines is 2. The molecule has 1 aliphatic heterocycles. The van der Waals surface area contributed by atoms with Gasteiger partial charge in [0.05, 0.1) is 0 Å². The summed E-state index contributed by atoms with van der Waals surface area (Å²) < 4.78 is 3.31. The third kappa shape index (κ3) is 9.92. The van der Waals surface area contributed by atoms with Crippen LogP contribution in [0, 0.1) is 48.2 Å². The van der Waals surface area contributed by atoms with Crippen LogP contribution in [0.2, 0.25) is 0 Å². The summed E-state index contributed by atoms with van der Waals surface area (Å²) in [5.74, 6) is 0. The van der Waals surface area contributed by atoms with Crippen molar-refractivity contribution in [3.05, 3.63) is 167 Å². The van der Waals surface area contributed by atoms with Crippen LogP contribution in [0.15, 0.2) is 127 Å². The van der Waals surface area contributed by atoms with Crippen molar-refractivity contribution in [3.8, 4) is 33.4 Å². The molecule has 0 unspecified atom stereocenters. The zero-order chi connectivity index (χ0) is 37.2. The van der Waals surface area contributed by atoms with Gasteiger partial charge in [0.2, 0.25) is 0 Å². The average molecular weight is 905 g/mol. The molecule has 0 amide bonds. The van der Waals surface area contributed by atoms with E-state index < -0.39 is 0 Å². The molecule has 0 spiro atoms. The summed E-state index contributed by atoms with van der Waals surface area (Å²) in [6, 6.07) is 45.7. The van der Waals surface area contributed by atoms with Crippen LogP contribution >= 0.6 is 9.69 Å². The van der Waals surface area contributed by atoms with Crippen LogP contribution in [0.4, 0.5) is 11.4 Å². The van der Waals surface area contributed by atoms with E-state index >= 15 is 0 Å². The molecule has 0 saturated carbocycles. The Kier molecular flexibility index (Phi) is 14.5. The van der Waals surface area contributed by atoms with E-state index in [4.69, 9.17) is 9.69 Å². The second-order valence-corrected chi connectivity index (χ2v) is 16.7. The Bertz CT molecular complexity index is 1940. The van der Waals surface area contributed by atoms with Crippen LogP contribution in [-0.4, -0.2) is 40.0 Å². The van der Waals surface area contributed by atoms with Crippen molar-refractivity contribution >= 4 is 51.6 Å². The molecule has 268 valence electrons. The fraction of sp³-hybridized carbons (Fsp3) is 0.191. The second kappa shape index (κ2) is 19.0. The Morgan fingerprint density at radius 3 is 1.19 bits per heavy atom. The maximum atomic E-state index is 5.22. The SMILES string of the molecule is C[CH]=[Ru][Cl].Cc1cc(C)c(N2[CH-]N(c3c(C)cc(C)cc3C)CC2)c(C)c1.[Te]c1c(-c2ccccc2)cc(-c2ccccc2)cc1-c1ccccc1. The fourth-order valence-electron chi connectivity index (χ4n) is 7.18. The third-order valence-corrected chi connectivity index (χ3v) is 11.7. The molecule has 6 aromatic rings. The van der Waals surface area contributed by atoms with E-state index in [0.29, 0.717) is 0 Å². The standard InChI is InChI=1S/C24H17Te.C21H27N2.C2H4.ClH.Ru/c25-24-22(19-12-6-2-7-13-19)16-21(18-10-4-1-5-11-18)17-23(24)20-14-8-3-9-15-20;1-14-9-16(3)20(17(4)10-14)22-7-8-23(13-22)21-18(5)11-15(2)12-19(21)6;1-2;;/h1-17H;9-13H,7-8H2,1-6H3;1H,2H3;1H;/q;-1;;;+1/p-1. The molecule has 1 saturated heterocycles. The summed E-state index contributed by atoms with van der Waals surface area (Å²) in [7, 11) is 5.22. The molecule has 0 atom stereocenters. The van der Waals surface area contributed by atoms with Crippen LogP contribution in [0.25, 0.3) is 33.4 Å². The van der Waals surface area contributed by atoms with E-state index in [1.54, 1.807) is 0 Å². The van der Waals surface area contributed by atoms with E-state index in [1.807, 2.05) is 11.5 Å². The van der Waals surface area contributed by atoms with E-state index in [0.717, 1.165) is 13.1 Å². The molecule has 6 aromatic carbocycles. The van der Waals surface area contributed by atoms with Gasteiger partial charge in [-0.05, 0) is 63.8 Å². The summed E-state index contributed by atoms with van der Waals surface area (Å²) in [5.41, 5.74) is 18.5. The molecule has 1 radical (unpaired) electrons. The Morgan fingerprint density at radius 2 is 0.865 bits per heavy atom. The van der Waals surface area contributed by atoms with Crippen LogP contribution in [0.1, 0.15) is 40.3 Å². The van der Waals surface area contributed by atoms with Crippen molar-refractivity contribution in [1.82, 2.24) is 0 Å². The predicted octanol–water partition coefficient (Wildman–Crippen LogP) is 11.5. The molecule has 1 aliphatic rings. The summed E-state index contributed by atoms with van der Waals surface area (Å²) in [6.45, 7) is 19.5. The number of hydrogen-bond donors (Lipinski definition) is 0. The van der Waals surface area contributed by atoms with Gasteiger partial charge in [0, 0.05) is 24.5 Å². The summed E-state index contributed by atoms with van der Waals surface area (Å²) >= 11 is 2.22. The normalized spacial score (nSPS) is 12.5. The van der Waals surface area contributed by atoms with Crippen molar-refractivity contribution < 1.29 is 15.7 Å². The molecule has 2 nitrogen and oxygen atoms in total. The van der Waals surface area contributed by atoms with Crippen molar-refractivity contribution in [2.24, 2.45) is 0 Å². The van der Waals surface area contributed by atoms with E-state index in [-0.39, 0.29) is 15.7 Å². The Morgan fingerprint density at radius 1 is 0.538 bits per heavy atom. The quantitative estimate of drug-likeness (QED) is 0.126. The minimum absolute atomic E-state index is 0.0867. The van der Waals surface area contributed by atoms with Crippen molar-refractivity contribution in [2.45, 2.75) is 48.5 Å². The van der Waals surface area contributed by atoms with Gasteiger partial charge in [0.1, 0.15) is 0 Å². The zero-order valence-electron chi connectivity index (χ0n) is 31.2. The van der Waals surface area contributed by atoms with Crippen LogP contribution in [-0.2, 0) is 15.7 Å². The van der Waals surface area contributed by atoms with Gasteiger partial charge in [-0.1, -0.05) is 35.4 Å². The Balaban J connectivity index is 0.000000183. The molecule has 0 aromatic heterocycles. The topological polar surface area (TPSA) is 6.48 Å². The third-order valence-electron chi connectivity index (χ3n) is 9.15. The summed E-state index contributed by atoms with van der Waals surface area (Å²) in [6.07, 6.45) is 0. The first-order valence-corrected chi connectivity index (χ1v) is 22.1. The minimum atomic E-state index is 0.0867. The maximum absolute atomic E-state index is 5.22. The Labute approximate surface area is 336 Å². The zero-order valence-corrected chi connectivity index (χ0v) is 36.1. The van der Waals surface area contributed by atoms with Gasteiger partial charge < -0.3 is 9.80 Å². The first kappa shape index (κ1) is 39.7. The first-order valence-electron chi connectivity index (χ1n) is 17.7. The number of benzene rings is 6. The molecule has 0 N–H and O–H groups in total. The molecule has 1 fully saturated rings. The number of halogens is 1. The molecule has 52 heavy (non-hydrogen) atoms. The van der Waals surface area contributed by atoms with Crippen molar-refractivity contribution in [1.29, 1.82) is 0 Å². The van der Waals surface area contributed by atoms with Crippen molar-refractivity contribution in [3.63, 3.8) is 0 Å². The molecular weight excluding hydrogens is 857 g/mol. The van der Waals surface area contributed by atoms with Crippen LogP contribution in [0.5, 0.6) is 0 Å². The number of aryl methyl sites for hydroxylation is 6. The fourth-order valence-corrected chi connectivity index (χ4v) is 8.19. The number of rotatable bonds is 5.